The molecule has 1 aromatic rings. The van der Waals surface area contributed by atoms with E-state index in [1.54, 1.807) is 0 Å². The van der Waals surface area contributed by atoms with Gasteiger partial charge in [-0.3, -0.25) is 4.55 Å². The minimum absolute atomic E-state index is 0.00621. The fourth-order valence-corrected chi connectivity index (χ4v) is 7.89. The van der Waals surface area contributed by atoms with Crippen LogP contribution in [-0.2, 0) is 33.8 Å². The van der Waals surface area contributed by atoms with Crippen LogP contribution in [0, 0.1) is 11.8 Å². The lowest BCUT2D eigenvalue weighted by Crippen LogP contribution is -2.74. The van der Waals surface area contributed by atoms with E-state index >= 15 is 0 Å². The molecule has 4 aliphatic carbocycles. The maximum atomic E-state index is 12.2. The molecule has 118 valence electrons. The third kappa shape index (κ3) is 1.00. The zero-order valence-electron chi connectivity index (χ0n) is 13.5. The van der Waals surface area contributed by atoms with Gasteiger partial charge in [-0.05, 0) is 64.8 Å². The van der Waals surface area contributed by atoms with Gasteiger partial charge in [0.2, 0.25) is 0 Å². The Balaban J connectivity index is 1.98. The van der Waals surface area contributed by atoms with Crippen molar-refractivity contribution in [2.45, 2.75) is 68.6 Å². The van der Waals surface area contributed by atoms with Gasteiger partial charge >= 0.3 is 0 Å². The van der Waals surface area contributed by atoms with E-state index in [0.717, 1.165) is 30.4 Å². The molecular formula is C18H22O3S. The van der Waals surface area contributed by atoms with Gasteiger partial charge in [0.05, 0.1) is 0 Å². The van der Waals surface area contributed by atoms with Gasteiger partial charge in [-0.15, -0.1) is 0 Å². The number of hydrogen-bond acceptors (Lipinski definition) is 2. The van der Waals surface area contributed by atoms with Gasteiger partial charge < -0.3 is 0 Å². The van der Waals surface area contributed by atoms with E-state index in [1.807, 2.05) is 0 Å². The highest BCUT2D eigenvalue weighted by Crippen LogP contribution is 2.79. The molecule has 3 nitrogen and oxygen atoms in total. The van der Waals surface area contributed by atoms with Gasteiger partial charge in [0.25, 0.3) is 10.1 Å². The first-order valence-electron chi connectivity index (χ1n) is 8.35. The minimum Gasteiger partial charge on any atom is -0.282 e. The lowest BCUT2D eigenvalue weighted by molar-refractivity contribution is -0.0762. The van der Waals surface area contributed by atoms with Gasteiger partial charge in [-0.2, -0.15) is 8.42 Å². The first-order chi connectivity index (χ1) is 10.2. The fourth-order valence-electron chi connectivity index (χ4n) is 6.84. The molecule has 22 heavy (non-hydrogen) atoms. The van der Waals surface area contributed by atoms with Crippen molar-refractivity contribution < 1.29 is 13.0 Å². The molecule has 0 heterocycles. The standard InChI is InChI=1S/C18H22O3S/c1-8-5-11-13(8)12-6-9(2)18-7-10(3)17(18,4)14(11)15(18)16(12)22(19,20)21/h8-10H,5-7H2,1-4H3,(H,19,20,21). The predicted molar refractivity (Wildman–Crippen MR) is 84.1 cm³/mol. The van der Waals surface area contributed by atoms with Crippen LogP contribution in [0.2, 0.25) is 0 Å². The Morgan fingerprint density at radius 3 is 2.27 bits per heavy atom. The highest BCUT2D eigenvalue weighted by Gasteiger charge is 2.76. The summed E-state index contributed by atoms with van der Waals surface area (Å²) in [5, 5.41) is 0. The lowest BCUT2D eigenvalue weighted by atomic mass is 9.27. The van der Waals surface area contributed by atoms with E-state index in [1.165, 1.54) is 16.7 Å². The predicted octanol–water partition coefficient (Wildman–Crippen LogP) is 3.33. The molecule has 0 aromatic heterocycles. The zero-order chi connectivity index (χ0) is 15.8. The van der Waals surface area contributed by atoms with Crippen LogP contribution in [0.25, 0.3) is 0 Å². The lowest BCUT2D eigenvalue weighted by Gasteiger charge is -2.76. The van der Waals surface area contributed by atoms with Crippen LogP contribution >= 0.6 is 0 Å². The van der Waals surface area contributed by atoms with Gasteiger partial charge in [0.15, 0.2) is 0 Å². The molecule has 1 aromatic carbocycles. The van der Waals surface area contributed by atoms with Crippen molar-refractivity contribution in [3.05, 3.63) is 27.8 Å². The van der Waals surface area contributed by atoms with E-state index in [4.69, 9.17) is 0 Å². The smallest absolute Gasteiger partial charge is 0.282 e. The van der Waals surface area contributed by atoms with Crippen LogP contribution in [-0.4, -0.2) is 13.0 Å². The van der Waals surface area contributed by atoms with E-state index in [9.17, 15) is 13.0 Å². The van der Waals surface area contributed by atoms with Crippen LogP contribution in [0.1, 0.15) is 67.9 Å². The molecule has 5 rings (SSSR count). The molecular weight excluding hydrogens is 296 g/mol. The molecule has 5 atom stereocenters. The SMILES string of the molecule is CC1Cc2c1c1c(S(=O)(=O)O)c3c2C2(C)C(C)CC32C(C)C1. The summed E-state index contributed by atoms with van der Waals surface area (Å²) >= 11 is 0. The second-order valence-corrected chi connectivity index (χ2v) is 9.77. The summed E-state index contributed by atoms with van der Waals surface area (Å²) in [5.41, 5.74) is 6.01. The second-order valence-electron chi connectivity index (χ2n) is 8.41. The van der Waals surface area contributed by atoms with Crippen molar-refractivity contribution in [1.29, 1.82) is 0 Å². The summed E-state index contributed by atoms with van der Waals surface area (Å²) in [5.74, 6) is 1.49. The van der Waals surface area contributed by atoms with E-state index in [0.29, 0.717) is 22.6 Å². The van der Waals surface area contributed by atoms with Gasteiger partial charge in [-0.25, -0.2) is 0 Å². The largest absolute Gasteiger partial charge is 0.295 e. The maximum Gasteiger partial charge on any atom is 0.295 e. The molecule has 1 N–H and O–H groups in total. The average molecular weight is 318 g/mol. The monoisotopic (exact) mass is 318 g/mol. The molecule has 1 saturated carbocycles. The van der Waals surface area contributed by atoms with Crippen LogP contribution in [0.4, 0.5) is 0 Å². The molecule has 0 amide bonds. The summed E-state index contributed by atoms with van der Waals surface area (Å²) in [6.45, 7) is 9.08. The van der Waals surface area contributed by atoms with Crippen molar-refractivity contribution in [3.63, 3.8) is 0 Å². The summed E-state index contributed by atoms with van der Waals surface area (Å²) in [7, 11) is -4.14. The summed E-state index contributed by atoms with van der Waals surface area (Å²) in [4.78, 5) is 0.301. The first-order valence-corrected chi connectivity index (χ1v) is 9.79. The molecule has 4 heteroatoms. The maximum absolute atomic E-state index is 12.2. The van der Waals surface area contributed by atoms with E-state index in [2.05, 4.69) is 27.7 Å². The number of rotatable bonds is 1. The summed E-state index contributed by atoms with van der Waals surface area (Å²) in [6.07, 6.45) is 2.94. The third-order valence-electron chi connectivity index (χ3n) is 7.82. The molecule has 5 unspecified atom stereocenters. The molecule has 0 aliphatic heterocycles. The van der Waals surface area contributed by atoms with E-state index < -0.39 is 10.1 Å². The topological polar surface area (TPSA) is 54.4 Å². The first kappa shape index (κ1) is 13.6. The van der Waals surface area contributed by atoms with Gasteiger partial charge in [0, 0.05) is 10.8 Å². The zero-order valence-corrected chi connectivity index (χ0v) is 14.3. The van der Waals surface area contributed by atoms with Crippen LogP contribution in [0.15, 0.2) is 4.90 Å². The Kier molecular flexibility index (Phi) is 2.04. The highest BCUT2D eigenvalue weighted by atomic mass is 32.2. The summed E-state index contributed by atoms with van der Waals surface area (Å²) in [6, 6.07) is 0. The Labute approximate surface area is 131 Å². The number of benzene rings is 1. The highest BCUT2D eigenvalue weighted by molar-refractivity contribution is 7.86. The Bertz CT molecular complexity index is 869. The normalized spacial score (nSPS) is 43.4. The summed E-state index contributed by atoms with van der Waals surface area (Å²) < 4.78 is 34.2. The molecule has 0 saturated heterocycles. The fraction of sp³-hybridized carbons (Fsp3) is 0.667. The third-order valence-corrected chi connectivity index (χ3v) is 8.79. The number of fused-ring (bicyclic) bond motifs is 5. The molecule has 0 radical (unpaired) electrons. The van der Waals surface area contributed by atoms with Crippen LogP contribution in [0.3, 0.4) is 0 Å². The van der Waals surface area contributed by atoms with Crippen molar-refractivity contribution in [1.82, 2.24) is 0 Å². The van der Waals surface area contributed by atoms with Crippen LogP contribution in [0.5, 0.6) is 0 Å². The Morgan fingerprint density at radius 2 is 1.73 bits per heavy atom. The van der Waals surface area contributed by atoms with Gasteiger partial charge in [-0.1, -0.05) is 27.7 Å². The molecule has 1 spiro atoms. The molecule has 1 fully saturated rings. The molecule has 2 bridgehead atoms. The second kappa shape index (κ2) is 3.32. The Morgan fingerprint density at radius 1 is 1.05 bits per heavy atom. The quantitative estimate of drug-likeness (QED) is 0.808. The van der Waals surface area contributed by atoms with E-state index in [-0.39, 0.29) is 10.8 Å². The molecule has 4 aliphatic rings. The van der Waals surface area contributed by atoms with Crippen molar-refractivity contribution in [3.8, 4) is 0 Å². The Hall–Kier alpha value is -0.870. The number of hydrogen-bond donors (Lipinski definition) is 1. The van der Waals surface area contributed by atoms with Crippen molar-refractivity contribution in [2.75, 3.05) is 0 Å². The van der Waals surface area contributed by atoms with Crippen LogP contribution < -0.4 is 0 Å². The van der Waals surface area contributed by atoms with Gasteiger partial charge in [0.1, 0.15) is 4.90 Å². The average Bonchev–Trinajstić information content (AvgIpc) is 2.38. The minimum atomic E-state index is -4.14. The van der Waals surface area contributed by atoms with Crippen molar-refractivity contribution >= 4 is 10.1 Å². The van der Waals surface area contributed by atoms with Crippen molar-refractivity contribution in [2.24, 2.45) is 11.8 Å².